The van der Waals surface area contributed by atoms with Gasteiger partial charge in [-0.3, -0.25) is 9.69 Å². The highest BCUT2D eigenvalue weighted by atomic mass is 35.5. The molecule has 0 radical (unpaired) electrons. The van der Waals surface area contributed by atoms with Crippen LogP contribution in [0.2, 0.25) is 0 Å². The minimum atomic E-state index is -4.36. The molecule has 1 atom stereocenters. The molecule has 4 nitrogen and oxygen atoms in total. The van der Waals surface area contributed by atoms with Gasteiger partial charge in [0.1, 0.15) is 6.54 Å². The highest BCUT2D eigenvalue weighted by molar-refractivity contribution is 5.85. The van der Waals surface area contributed by atoms with Crippen molar-refractivity contribution < 1.29 is 18.0 Å². The van der Waals surface area contributed by atoms with E-state index in [1.54, 1.807) is 11.9 Å². The van der Waals surface area contributed by atoms with Gasteiger partial charge >= 0.3 is 6.18 Å². The fraction of sp³-hybridized carbons (Fsp3) is 0.900. The van der Waals surface area contributed by atoms with Crippen LogP contribution in [0.1, 0.15) is 12.8 Å². The Kier molecular flexibility index (Phi) is 6.94. The summed E-state index contributed by atoms with van der Waals surface area (Å²) in [6, 6.07) is 0.0895. The lowest BCUT2D eigenvalue weighted by atomic mass is 10.1. The number of nitrogens with two attached hydrogens (primary N) is 1. The molecule has 108 valence electrons. The van der Waals surface area contributed by atoms with Crippen molar-refractivity contribution in [1.29, 1.82) is 0 Å². The molecule has 0 heterocycles. The molecule has 1 saturated carbocycles. The second-order valence-corrected chi connectivity index (χ2v) is 4.45. The van der Waals surface area contributed by atoms with E-state index in [2.05, 4.69) is 0 Å². The lowest BCUT2D eigenvalue weighted by molar-refractivity contribution is -0.139. The highest BCUT2D eigenvalue weighted by Gasteiger charge is 2.34. The molecule has 0 bridgehead atoms. The SMILES string of the molecule is CN(CC(=O)NCC(F)(F)F)C(CN)C1CC1.Cl. The van der Waals surface area contributed by atoms with Gasteiger partial charge in [0.25, 0.3) is 0 Å². The van der Waals surface area contributed by atoms with Gasteiger partial charge in [0.05, 0.1) is 6.54 Å². The van der Waals surface area contributed by atoms with Crippen LogP contribution in [-0.4, -0.2) is 49.7 Å². The van der Waals surface area contributed by atoms with E-state index in [9.17, 15) is 18.0 Å². The standard InChI is InChI=1S/C10H18F3N3O.ClH/c1-16(8(4-14)7-2-3-7)5-9(17)15-6-10(11,12)13;/h7-8H,2-6,14H2,1H3,(H,15,17);1H. The second kappa shape index (κ2) is 7.16. The number of hydrogen-bond donors (Lipinski definition) is 2. The molecule has 0 spiro atoms. The number of halogens is 4. The first-order valence-electron chi connectivity index (χ1n) is 5.57. The molecule has 1 rings (SSSR count). The molecule has 0 aromatic rings. The molecule has 0 aliphatic heterocycles. The third-order valence-electron chi connectivity index (χ3n) is 2.85. The summed E-state index contributed by atoms with van der Waals surface area (Å²) in [5, 5.41) is 1.85. The molecular formula is C10H19ClF3N3O. The van der Waals surface area contributed by atoms with E-state index >= 15 is 0 Å². The largest absolute Gasteiger partial charge is 0.405 e. The van der Waals surface area contributed by atoms with Gasteiger partial charge in [0, 0.05) is 12.6 Å². The quantitative estimate of drug-likeness (QED) is 0.759. The molecular weight excluding hydrogens is 271 g/mol. The normalized spacial score (nSPS) is 17.2. The van der Waals surface area contributed by atoms with Gasteiger partial charge in [-0.05, 0) is 25.8 Å². The number of amides is 1. The third kappa shape index (κ3) is 6.42. The van der Waals surface area contributed by atoms with E-state index in [0.29, 0.717) is 12.5 Å². The van der Waals surface area contributed by atoms with Crippen molar-refractivity contribution in [3.05, 3.63) is 0 Å². The number of carbonyl (C=O) groups excluding carboxylic acids is 1. The van der Waals surface area contributed by atoms with Crippen molar-refractivity contribution in [3.8, 4) is 0 Å². The number of rotatable bonds is 6. The number of nitrogens with zero attached hydrogens (tertiary/aromatic N) is 1. The van der Waals surface area contributed by atoms with Crippen molar-refractivity contribution in [1.82, 2.24) is 10.2 Å². The van der Waals surface area contributed by atoms with Crippen molar-refractivity contribution in [2.45, 2.75) is 25.1 Å². The van der Waals surface area contributed by atoms with E-state index in [4.69, 9.17) is 5.73 Å². The lowest BCUT2D eigenvalue weighted by Crippen LogP contribution is -2.46. The van der Waals surface area contributed by atoms with Crippen molar-refractivity contribution in [2.75, 3.05) is 26.7 Å². The van der Waals surface area contributed by atoms with Gasteiger partial charge in [-0.2, -0.15) is 13.2 Å². The Morgan fingerprint density at radius 3 is 2.44 bits per heavy atom. The molecule has 1 amide bonds. The summed E-state index contributed by atoms with van der Waals surface area (Å²) in [6.45, 7) is -0.904. The predicted octanol–water partition coefficient (Wildman–Crippen LogP) is 0.756. The Hall–Kier alpha value is -0.530. The molecule has 3 N–H and O–H groups in total. The summed E-state index contributed by atoms with van der Waals surface area (Å²) in [5.74, 6) is -0.135. The summed E-state index contributed by atoms with van der Waals surface area (Å²) in [4.78, 5) is 13.0. The maximum atomic E-state index is 11.9. The van der Waals surface area contributed by atoms with Gasteiger partial charge in [-0.25, -0.2) is 0 Å². The summed E-state index contributed by atoms with van der Waals surface area (Å²) < 4.78 is 35.6. The topological polar surface area (TPSA) is 58.4 Å². The predicted molar refractivity (Wildman–Crippen MR) is 64.5 cm³/mol. The number of carbonyl (C=O) groups is 1. The van der Waals surface area contributed by atoms with Crippen LogP contribution >= 0.6 is 12.4 Å². The first kappa shape index (κ1) is 17.5. The highest BCUT2D eigenvalue weighted by Crippen LogP contribution is 2.34. The Morgan fingerprint density at radius 1 is 1.50 bits per heavy atom. The van der Waals surface area contributed by atoms with Gasteiger partial charge < -0.3 is 11.1 Å². The van der Waals surface area contributed by atoms with E-state index in [-0.39, 0.29) is 25.0 Å². The van der Waals surface area contributed by atoms with Crippen LogP contribution in [0.4, 0.5) is 13.2 Å². The molecule has 1 unspecified atom stereocenters. The summed E-state index contributed by atoms with van der Waals surface area (Å²) in [7, 11) is 1.71. The lowest BCUT2D eigenvalue weighted by Gasteiger charge is -2.26. The van der Waals surface area contributed by atoms with Crippen LogP contribution < -0.4 is 11.1 Å². The van der Waals surface area contributed by atoms with Gasteiger partial charge in [-0.1, -0.05) is 0 Å². The molecule has 18 heavy (non-hydrogen) atoms. The minimum absolute atomic E-state index is 0. The average molecular weight is 290 g/mol. The fourth-order valence-corrected chi connectivity index (χ4v) is 1.81. The zero-order valence-corrected chi connectivity index (χ0v) is 11.0. The van der Waals surface area contributed by atoms with Crippen LogP contribution in [0.3, 0.4) is 0 Å². The molecule has 0 aromatic heterocycles. The Labute approximate surface area is 110 Å². The van der Waals surface area contributed by atoms with Crippen LogP contribution in [-0.2, 0) is 4.79 Å². The molecule has 0 aromatic carbocycles. The summed E-state index contributed by atoms with van der Waals surface area (Å²) >= 11 is 0. The van der Waals surface area contributed by atoms with Crippen molar-refractivity contribution in [3.63, 3.8) is 0 Å². The Balaban J connectivity index is 0.00000289. The van der Waals surface area contributed by atoms with Crippen LogP contribution in [0.5, 0.6) is 0 Å². The van der Waals surface area contributed by atoms with Gasteiger partial charge in [0.2, 0.25) is 5.91 Å². The molecule has 1 aliphatic carbocycles. The van der Waals surface area contributed by atoms with Gasteiger partial charge in [0.15, 0.2) is 0 Å². The average Bonchev–Trinajstić information content (AvgIpc) is 2.99. The number of nitrogens with one attached hydrogen (secondary N) is 1. The minimum Gasteiger partial charge on any atom is -0.346 e. The van der Waals surface area contributed by atoms with Crippen LogP contribution in [0, 0.1) is 5.92 Å². The van der Waals surface area contributed by atoms with E-state index in [1.807, 2.05) is 5.32 Å². The van der Waals surface area contributed by atoms with Crippen LogP contribution in [0.15, 0.2) is 0 Å². The Bertz CT molecular complexity index is 272. The van der Waals surface area contributed by atoms with Crippen LogP contribution in [0.25, 0.3) is 0 Å². The molecule has 8 heteroatoms. The number of likely N-dealkylation sites (N-methyl/N-ethyl adjacent to an activating group) is 1. The number of hydrogen-bond acceptors (Lipinski definition) is 3. The zero-order valence-electron chi connectivity index (χ0n) is 10.2. The Morgan fingerprint density at radius 2 is 2.06 bits per heavy atom. The first-order chi connectivity index (χ1) is 7.83. The van der Waals surface area contributed by atoms with Gasteiger partial charge in [-0.15, -0.1) is 12.4 Å². The zero-order chi connectivity index (χ0) is 13.1. The molecule has 1 aliphatic rings. The smallest absolute Gasteiger partial charge is 0.346 e. The first-order valence-corrected chi connectivity index (χ1v) is 5.57. The van der Waals surface area contributed by atoms with E-state index in [0.717, 1.165) is 12.8 Å². The molecule has 1 fully saturated rings. The fourth-order valence-electron chi connectivity index (χ4n) is 1.81. The summed E-state index contributed by atoms with van der Waals surface area (Å²) in [5.41, 5.74) is 5.58. The maximum Gasteiger partial charge on any atom is 0.405 e. The maximum absolute atomic E-state index is 11.9. The monoisotopic (exact) mass is 289 g/mol. The van der Waals surface area contributed by atoms with Crippen molar-refractivity contribution in [2.24, 2.45) is 11.7 Å². The van der Waals surface area contributed by atoms with E-state index in [1.165, 1.54) is 0 Å². The van der Waals surface area contributed by atoms with E-state index < -0.39 is 18.6 Å². The number of alkyl halides is 3. The third-order valence-corrected chi connectivity index (χ3v) is 2.85. The van der Waals surface area contributed by atoms with Crippen molar-refractivity contribution >= 4 is 18.3 Å². The summed E-state index contributed by atoms with van der Waals surface area (Å²) in [6.07, 6.45) is -2.20. The molecule has 0 saturated heterocycles. The second-order valence-electron chi connectivity index (χ2n) is 4.45.